The van der Waals surface area contributed by atoms with Crippen LogP contribution in [0.5, 0.6) is 0 Å². The highest BCUT2D eigenvalue weighted by Crippen LogP contribution is 2.33. The van der Waals surface area contributed by atoms with Crippen LogP contribution in [0.25, 0.3) is 0 Å². The first-order chi connectivity index (χ1) is 16.0. The number of hydrogen-bond acceptors (Lipinski definition) is 7. The maximum absolute atomic E-state index is 12.9. The lowest BCUT2D eigenvalue weighted by Gasteiger charge is -2.32. The van der Waals surface area contributed by atoms with Crippen molar-refractivity contribution >= 4 is 17.6 Å². The first-order valence-corrected chi connectivity index (χ1v) is 11.3. The number of aryl methyl sites for hydroxylation is 2. The van der Waals surface area contributed by atoms with E-state index in [-0.39, 0.29) is 24.2 Å². The summed E-state index contributed by atoms with van der Waals surface area (Å²) in [5.74, 6) is 1.48. The number of nitrogens with zero attached hydrogens (tertiary/aromatic N) is 6. The normalized spacial score (nSPS) is 18.0. The molecule has 2 amide bonds. The van der Waals surface area contributed by atoms with Gasteiger partial charge in [-0.3, -0.25) is 14.5 Å². The maximum atomic E-state index is 12.9. The van der Waals surface area contributed by atoms with Gasteiger partial charge in [-0.2, -0.15) is 0 Å². The summed E-state index contributed by atoms with van der Waals surface area (Å²) in [6, 6.07) is 9.92. The zero-order valence-electron chi connectivity index (χ0n) is 18.8. The number of rotatable bonds is 5. The Morgan fingerprint density at radius 1 is 1.12 bits per heavy atom. The summed E-state index contributed by atoms with van der Waals surface area (Å²) < 4.78 is 4.72. The van der Waals surface area contributed by atoms with Gasteiger partial charge in [0.05, 0.1) is 19.4 Å². The molecule has 9 nitrogen and oxygen atoms in total. The quantitative estimate of drug-likeness (QED) is 0.593. The van der Waals surface area contributed by atoms with Gasteiger partial charge in [0.2, 0.25) is 11.8 Å². The molecule has 0 spiro atoms. The standard InChI is InChI=1S/C24H26N6O3/c1-15-19-11-22(32)30(13-17-7-4-3-5-8-17)24(19)26-23(25-15)18-9-6-10-29(14-18)21(31)12-20-16(2)27-33-28-20/h3-5,7-8,18H,6,9-14H2,1-2H3/t18-/m1/s1. The van der Waals surface area contributed by atoms with E-state index < -0.39 is 0 Å². The van der Waals surface area contributed by atoms with Crippen LogP contribution in [0.2, 0.25) is 0 Å². The first-order valence-electron chi connectivity index (χ1n) is 11.3. The number of fused-ring (bicyclic) bond motifs is 1. The van der Waals surface area contributed by atoms with Crippen LogP contribution < -0.4 is 4.90 Å². The second-order valence-corrected chi connectivity index (χ2v) is 8.76. The molecule has 2 aliphatic rings. The second kappa shape index (κ2) is 8.73. The second-order valence-electron chi connectivity index (χ2n) is 8.76. The van der Waals surface area contributed by atoms with Crippen molar-refractivity contribution in [3.05, 3.63) is 64.4 Å². The number of piperidine rings is 1. The maximum Gasteiger partial charge on any atom is 0.233 e. The number of carbonyl (C=O) groups excluding carboxylic acids is 2. The molecular weight excluding hydrogens is 420 g/mol. The summed E-state index contributed by atoms with van der Waals surface area (Å²) in [7, 11) is 0. The number of anilines is 1. The molecule has 2 aliphatic heterocycles. The fourth-order valence-corrected chi connectivity index (χ4v) is 4.59. The third-order valence-corrected chi connectivity index (χ3v) is 6.48. The number of benzene rings is 1. The van der Waals surface area contributed by atoms with Gasteiger partial charge >= 0.3 is 0 Å². The molecule has 170 valence electrons. The summed E-state index contributed by atoms with van der Waals surface area (Å²) in [5, 5.41) is 7.59. The smallest absolute Gasteiger partial charge is 0.233 e. The van der Waals surface area contributed by atoms with Crippen LogP contribution in [-0.4, -0.2) is 50.1 Å². The Kier molecular flexibility index (Phi) is 5.62. The van der Waals surface area contributed by atoms with Crippen LogP contribution in [0, 0.1) is 13.8 Å². The van der Waals surface area contributed by atoms with Gasteiger partial charge < -0.3 is 4.90 Å². The van der Waals surface area contributed by atoms with Gasteiger partial charge in [-0.25, -0.2) is 14.6 Å². The van der Waals surface area contributed by atoms with Gasteiger partial charge in [0.1, 0.15) is 23.0 Å². The van der Waals surface area contributed by atoms with Gasteiger partial charge in [-0.05, 0) is 32.3 Å². The summed E-state index contributed by atoms with van der Waals surface area (Å²) >= 11 is 0. The van der Waals surface area contributed by atoms with E-state index in [1.807, 2.05) is 42.2 Å². The predicted octanol–water partition coefficient (Wildman–Crippen LogP) is 2.51. The summed E-state index contributed by atoms with van der Waals surface area (Å²) in [5.41, 5.74) is 4.01. The fourth-order valence-electron chi connectivity index (χ4n) is 4.59. The molecule has 1 atom stereocenters. The Hall–Kier alpha value is -3.62. The molecule has 1 fully saturated rings. The summed E-state index contributed by atoms with van der Waals surface area (Å²) in [6.45, 7) is 5.45. The van der Waals surface area contributed by atoms with E-state index in [2.05, 4.69) is 10.3 Å². The van der Waals surface area contributed by atoms with E-state index in [1.54, 1.807) is 11.8 Å². The number of aromatic nitrogens is 4. The number of carbonyl (C=O) groups is 2. The average Bonchev–Trinajstić information content (AvgIpc) is 3.37. The van der Waals surface area contributed by atoms with Crippen molar-refractivity contribution in [2.75, 3.05) is 18.0 Å². The molecule has 4 heterocycles. The number of hydrogen-bond donors (Lipinski definition) is 0. The van der Waals surface area contributed by atoms with Crippen molar-refractivity contribution in [2.24, 2.45) is 0 Å². The van der Waals surface area contributed by atoms with Crippen molar-refractivity contribution in [2.45, 2.75) is 52.0 Å². The zero-order valence-corrected chi connectivity index (χ0v) is 18.8. The molecule has 5 rings (SSSR count). The topological polar surface area (TPSA) is 105 Å². The van der Waals surface area contributed by atoms with Crippen LogP contribution in [0.4, 0.5) is 5.82 Å². The average molecular weight is 447 g/mol. The third kappa shape index (κ3) is 4.22. The van der Waals surface area contributed by atoms with Gasteiger partial charge in [-0.1, -0.05) is 40.6 Å². The number of likely N-dealkylation sites (tertiary alicyclic amines) is 1. The minimum atomic E-state index is -0.00253. The van der Waals surface area contributed by atoms with Crippen LogP contribution in [0.15, 0.2) is 35.0 Å². The Morgan fingerprint density at radius 2 is 1.94 bits per heavy atom. The highest BCUT2D eigenvalue weighted by Gasteiger charge is 2.34. The molecule has 2 aromatic heterocycles. The minimum Gasteiger partial charge on any atom is -0.342 e. The lowest BCUT2D eigenvalue weighted by Crippen LogP contribution is -2.40. The molecule has 3 aromatic rings. The van der Waals surface area contributed by atoms with Crippen LogP contribution in [-0.2, 0) is 29.0 Å². The molecule has 0 unspecified atom stereocenters. The van der Waals surface area contributed by atoms with Crippen LogP contribution >= 0.6 is 0 Å². The van der Waals surface area contributed by atoms with Crippen molar-refractivity contribution in [1.29, 1.82) is 0 Å². The van der Waals surface area contributed by atoms with E-state index in [9.17, 15) is 9.59 Å². The Bertz CT molecular complexity index is 1190. The first kappa shape index (κ1) is 21.2. The molecular formula is C24H26N6O3. The van der Waals surface area contributed by atoms with E-state index in [4.69, 9.17) is 14.6 Å². The molecule has 9 heteroatoms. The highest BCUT2D eigenvalue weighted by atomic mass is 16.6. The molecule has 0 saturated carbocycles. The van der Waals surface area contributed by atoms with Crippen molar-refractivity contribution < 1.29 is 14.2 Å². The van der Waals surface area contributed by atoms with E-state index >= 15 is 0 Å². The van der Waals surface area contributed by atoms with Gasteiger partial charge in [0.25, 0.3) is 0 Å². The van der Waals surface area contributed by atoms with Gasteiger partial charge in [0.15, 0.2) is 0 Å². The summed E-state index contributed by atoms with van der Waals surface area (Å²) in [6.07, 6.45) is 2.28. The SMILES string of the molecule is Cc1nonc1CC(=O)N1CCC[C@@H](c2nc(C)c3c(n2)N(Cc2ccccc2)C(=O)C3)C1. The van der Waals surface area contributed by atoms with Crippen molar-refractivity contribution in [3.8, 4) is 0 Å². The van der Waals surface area contributed by atoms with E-state index in [0.717, 1.165) is 29.7 Å². The van der Waals surface area contributed by atoms with Crippen molar-refractivity contribution in [3.63, 3.8) is 0 Å². The largest absolute Gasteiger partial charge is 0.342 e. The minimum absolute atomic E-state index is 0.00253. The lowest BCUT2D eigenvalue weighted by atomic mass is 9.96. The van der Waals surface area contributed by atoms with Gasteiger partial charge in [0, 0.05) is 30.3 Å². The zero-order chi connectivity index (χ0) is 22.9. The molecule has 33 heavy (non-hydrogen) atoms. The van der Waals surface area contributed by atoms with E-state index in [0.29, 0.717) is 49.1 Å². The highest BCUT2D eigenvalue weighted by molar-refractivity contribution is 6.00. The molecule has 0 aliphatic carbocycles. The lowest BCUT2D eigenvalue weighted by molar-refractivity contribution is -0.131. The number of amides is 2. The monoisotopic (exact) mass is 446 g/mol. The van der Waals surface area contributed by atoms with Crippen LogP contribution in [0.1, 0.15) is 52.8 Å². The van der Waals surface area contributed by atoms with Gasteiger partial charge in [-0.15, -0.1) is 0 Å². The Balaban J connectivity index is 1.36. The van der Waals surface area contributed by atoms with Crippen LogP contribution in [0.3, 0.4) is 0 Å². The third-order valence-electron chi connectivity index (χ3n) is 6.48. The molecule has 0 N–H and O–H groups in total. The molecule has 1 saturated heterocycles. The molecule has 1 aromatic carbocycles. The summed E-state index contributed by atoms with van der Waals surface area (Å²) in [4.78, 5) is 38.9. The van der Waals surface area contributed by atoms with Crippen molar-refractivity contribution in [1.82, 2.24) is 25.2 Å². The van der Waals surface area contributed by atoms with E-state index in [1.165, 1.54) is 0 Å². The molecule has 0 radical (unpaired) electrons. The molecule has 0 bridgehead atoms. The fraction of sp³-hybridized carbons (Fsp3) is 0.417. The predicted molar refractivity (Wildman–Crippen MR) is 119 cm³/mol. The Morgan fingerprint density at radius 3 is 2.70 bits per heavy atom. The Labute approximate surface area is 191 Å².